The quantitative estimate of drug-likeness (QED) is 0.567. The molecule has 62 valence electrons. The van der Waals surface area contributed by atoms with Crippen LogP contribution in [0.4, 0.5) is 0 Å². The van der Waals surface area contributed by atoms with Gasteiger partial charge >= 0.3 is 5.97 Å². The van der Waals surface area contributed by atoms with E-state index in [1.807, 2.05) is 6.07 Å². The van der Waals surface area contributed by atoms with Gasteiger partial charge in [0.15, 0.2) is 0 Å². The van der Waals surface area contributed by atoms with Gasteiger partial charge in [-0.2, -0.15) is 5.26 Å². The summed E-state index contributed by atoms with van der Waals surface area (Å²) in [6, 6.07) is 1.21. The van der Waals surface area contributed by atoms with Gasteiger partial charge in [-0.05, 0) is 12.8 Å². The van der Waals surface area contributed by atoms with E-state index in [0.717, 1.165) is 6.42 Å². The van der Waals surface area contributed by atoms with E-state index in [2.05, 4.69) is 0 Å². The fourth-order valence-electron chi connectivity index (χ4n) is 0.692. The molecule has 4 heteroatoms. The van der Waals surface area contributed by atoms with Crippen LogP contribution in [0.25, 0.3) is 0 Å². The Morgan fingerprint density at radius 3 is 2.73 bits per heavy atom. The number of hydrogen-bond donors (Lipinski definition) is 2. The van der Waals surface area contributed by atoms with E-state index < -0.39 is 12.0 Å². The molecule has 0 amide bonds. The molecule has 0 saturated carbocycles. The topological polar surface area (TPSA) is 87.1 Å². The number of unbranched alkanes of at least 4 members (excludes halogenated alkanes) is 2. The lowest BCUT2D eigenvalue weighted by atomic mass is 10.1. The van der Waals surface area contributed by atoms with Crippen LogP contribution >= 0.6 is 0 Å². The maximum absolute atomic E-state index is 10.2. The molecule has 1 atom stereocenters. The normalized spacial score (nSPS) is 12.0. The molecule has 0 aliphatic heterocycles. The lowest BCUT2D eigenvalue weighted by molar-refractivity contribution is -0.138. The number of aliphatic carboxylic acids is 1. The fraction of sp³-hybridized carbons (Fsp3) is 0.714. The molecule has 0 fully saturated rings. The van der Waals surface area contributed by atoms with Crippen molar-refractivity contribution >= 4 is 5.97 Å². The Morgan fingerprint density at radius 2 is 2.27 bits per heavy atom. The van der Waals surface area contributed by atoms with Crippen molar-refractivity contribution in [3.05, 3.63) is 0 Å². The predicted molar refractivity (Wildman–Crippen MR) is 39.7 cm³/mol. The number of nitrogens with zero attached hydrogens (tertiary/aromatic N) is 1. The molecule has 0 aromatic rings. The van der Waals surface area contributed by atoms with Crippen molar-refractivity contribution in [3.63, 3.8) is 0 Å². The number of hydrogen-bond acceptors (Lipinski definition) is 3. The SMILES string of the molecule is N#CCCCC[C@@H](N)C(=O)O. The van der Waals surface area contributed by atoms with Crippen LogP contribution in [-0.4, -0.2) is 17.1 Å². The van der Waals surface area contributed by atoms with Crippen molar-refractivity contribution in [2.75, 3.05) is 0 Å². The number of carboxylic acids is 1. The van der Waals surface area contributed by atoms with Crippen LogP contribution in [0.3, 0.4) is 0 Å². The molecule has 0 rings (SSSR count). The molecule has 0 unspecified atom stereocenters. The average Bonchev–Trinajstić information content (AvgIpc) is 1.97. The summed E-state index contributed by atoms with van der Waals surface area (Å²) in [6.45, 7) is 0. The molecule has 0 aliphatic carbocycles. The van der Waals surface area contributed by atoms with Crippen molar-refractivity contribution < 1.29 is 9.90 Å². The second kappa shape index (κ2) is 5.69. The number of rotatable bonds is 5. The minimum atomic E-state index is -0.970. The number of carbonyl (C=O) groups is 1. The van der Waals surface area contributed by atoms with Crippen molar-refractivity contribution in [2.45, 2.75) is 31.7 Å². The van der Waals surface area contributed by atoms with Gasteiger partial charge in [-0.25, -0.2) is 0 Å². The average molecular weight is 156 g/mol. The van der Waals surface area contributed by atoms with Crippen LogP contribution in [0, 0.1) is 11.3 Å². The highest BCUT2D eigenvalue weighted by atomic mass is 16.4. The van der Waals surface area contributed by atoms with Gasteiger partial charge in [-0.15, -0.1) is 0 Å². The summed E-state index contributed by atoms with van der Waals surface area (Å²) in [4.78, 5) is 10.2. The first-order chi connectivity index (χ1) is 5.18. The molecule has 0 bridgehead atoms. The Labute approximate surface area is 65.6 Å². The Balaban J connectivity index is 3.26. The smallest absolute Gasteiger partial charge is 0.320 e. The van der Waals surface area contributed by atoms with Crippen LogP contribution in [-0.2, 0) is 4.79 Å². The summed E-state index contributed by atoms with van der Waals surface area (Å²) < 4.78 is 0. The van der Waals surface area contributed by atoms with Crippen molar-refractivity contribution in [3.8, 4) is 6.07 Å². The van der Waals surface area contributed by atoms with Gasteiger partial charge in [0.1, 0.15) is 6.04 Å². The zero-order chi connectivity index (χ0) is 8.69. The van der Waals surface area contributed by atoms with Gasteiger partial charge in [-0.3, -0.25) is 4.79 Å². The van der Waals surface area contributed by atoms with Gasteiger partial charge in [-0.1, -0.05) is 6.42 Å². The highest BCUT2D eigenvalue weighted by Crippen LogP contribution is 2.01. The molecule has 0 heterocycles. The zero-order valence-electron chi connectivity index (χ0n) is 6.29. The first-order valence-corrected chi connectivity index (χ1v) is 3.54. The molecule has 0 radical (unpaired) electrons. The van der Waals surface area contributed by atoms with Gasteiger partial charge in [0.05, 0.1) is 6.07 Å². The molecule has 11 heavy (non-hydrogen) atoms. The summed E-state index contributed by atoms with van der Waals surface area (Å²) in [5.41, 5.74) is 5.22. The minimum absolute atomic E-state index is 0.455. The van der Waals surface area contributed by atoms with Gasteiger partial charge < -0.3 is 10.8 Å². The molecule has 4 nitrogen and oxygen atoms in total. The number of nitrogens with two attached hydrogens (primary N) is 1. The standard InChI is InChI=1S/C7H12N2O2/c8-5-3-1-2-4-6(9)7(10)11/h6H,1-4,9H2,(H,10,11)/t6-/m1/s1. The summed E-state index contributed by atoms with van der Waals surface area (Å²) in [5, 5.41) is 16.5. The Bertz CT molecular complexity index is 162. The minimum Gasteiger partial charge on any atom is -0.480 e. The van der Waals surface area contributed by atoms with Crippen LogP contribution in [0.15, 0.2) is 0 Å². The molecule has 0 aliphatic rings. The molecular formula is C7H12N2O2. The highest BCUT2D eigenvalue weighted by Gasteiger charge is 2.09. The second-order valence-electron chi connectivity index (χ2n) is 2.35. The van der Waals surface area contributed by atoms with E-state index in [0.29, 0.717) is 19.3 Å². The third-order valence-corrected chi connectivity index (χ3v) is 1.37. The van der Waals surface area contributed by atoms with Gasteiger partial charge in [0.25, 0.3) is 0 Å². The van der Waals surface area contributed by atoms with Crippen LogP contribution in [0.1, 0.15) is 25.7 Å². The van der Waals surface area contributed by atoms with E-state index in [9.17, 15) is 4.79 Å². The zero-order valence-corrected chi connectivity index (χ0v) is 6.29. The van der Waals surface area contributed by atoms with Crippen molar-refractivity contribution in [1.29, 1.82) is 5.26 Å². The van der Waals surface area contributed by atoms with Crippen molar-refractivity contribution in [1.82, 2.24) is 0 Å². The third-order valence-electron chi connectivity index (χ3n) is 1.37. The fourth-order valence-corrected chi connectivity index (χ4v) is 0.692. The van der Waals surface area contributed by atoms with E-state index >= 15 is 0 Å². The number of nitriles is 1. The highest BCUT2D eigenvalue weighted by molar-refractivity contribution is 5.72. The van der Waals surface area contributed by atoms with Crippen LogP contribution in [0.5, 0.6) is 0 Å². The molecule has 0 aromatic carbocycles. The number of carboxylic acid groups (broad SMARTS) is 1. The first-order valence-electron chi connectivity index (χ1n) is 3.54. The van der Waals surface area contributed by atoms with Crippen LogP contribution in [0.2, 0.25) is 0 Å². The maximum atomic E-state index is 10.2. The Hall–Kier alpha value is -1.08. The Morgan fingerprint density at radius 1 is 1.64 bits per heavy atom. The summed E-state index contributed by atoms with van der Waals surface area (Å²) in [6.07, 6.45) is 2.38. The molecule has 0 saturated heterocycles. The monoisotopic (exact) mass is 156 g/mol. The molecule has 3 N–H and O–H groups in total. The van der Waals surface area contributed by atoms with E-state index in [-0.39, 0.29) is 0 Å². The Kier molecular flexibility index (Phi) is 5.13. The first kappa shape index (κ1) is 9.92. The predicted octanol–water partition coefficient (Wildman–Crippen LogP) is 0.482. The lowest BCUT2D eigenvalue weighted by Crippen LogP contribution is -2.29. The summed E-state index contributed by atoms with van der Waals surface area (Å²) in [5.74, 6) is -0.970. The molecular weight excluding hydrogens is 144 g/mol. The van der Waals surface area contributed by atoms with Crippen molar-refractivity contribution in [2.24, 2.45) is 5.73 Å². The largest absolute Gasteiger partial charge is 0.480 e. The molecule has 0 aromatic heterocycles. The van der Waals surface area contributed by atoms with Gasteiger partial charge in [0.2, 0.25) is 0 Å². The lowest BCUT2D eigenvalue weighted by Gasteiger charge is -2.03. The molecule has 0 spiro atoms. The third kappa shape index (κ3) is 5.37. The van der Waals surface area contributed by atoms with Crippen LogP contribution < -0.4 is 5.73 Å². The summed E-state index contributed by atoms with van der Waals surface area (Å²) in [7, 11) is 0. The van der Waals surface area contributed by atoms with Gasteiger partial charge in [0, 0.05) is 6.42 Å². The van der Waals surface area contributed by atoms with E-state index in [1.165, 1.54) is 0 Å². The van der Waals surface area contributed by atoms with E-state index in [1.54, 1.807) is 0 Å². The second-order valence-corrected chi connectivity index (χ2v) is 2.35. The maximum Gasteiger partial charge on any atom is 0.320 e. The van der Waals surface area contributed by atoms with E-state index in [4.69, 9.17) is 16.1 Å². The summed E-state index contributed by atoms with van der Waals surface area (Å²) >= 11 is 0.